The summed E-state index contributed by atoms with van der Waals surface area (Å²) in [6.07, 6.45) is 0.195. The quantitative estimate of drug-likeness (QED) is 0.471. The number of benzene rings is 1. The maximum atomic E-state index is 13.0. The zero-order valence-corrected chi connectivity index (χ0v) is 19.9. The molecule has 2 heterocycles. The van der Waals surface area contributed by atoms with Crippen molar-refractivity contribution >= 4 is 27.5 Å². The minimum Gasteiger partial charge on any atom is -0.475 e. The fraction of sp³-hybridized carbons (Fsp3) is 0.364. The van der Waals surface area contributed by atoms with Crippen molar-refractivity contribution < 1.29 is 31.5 Å². The van der Waals surface area contributed by atoms with Crippen LogP contribution < -0.4 is 10.5 Å². The predicted octanol–water partition coefficient (Wildman–Crippen LogP) is 2.95. The number of imidazole rings is 1. The Bertz CT molecular complexity index is 1520. The monoisotopic (exact) mass is 522 g/mol. The topological polar surface area (TPSA) is 163 Å². The summed E-state index contributed by atoms with van der Waals surface area (Å²) in [5.74, 6) is -2.43. The van der Waals surface area contributed by atoms with Gasteiger partial charge in [-0.05, 0) is 50.8 Å². The Morgan fingerprint density at radius 2 is 1.89 bits per heavy atom. The number of aromatic nitrogens is 3. The van der Waals surface area contributed by atoms with E-state index in [-0.39, 0.29) is 10.3 Å². The fourth-order valence-corrected chi connectivity index (χ4v) is 6.16. The lowest BCUT2D eigenvalue weighted by Gasteiger charge is -2.66. The third-order valence-corrected chi connectivity index (χ3v) is 7.87. The Balaban J connectivity index is 0.000000384. The van der Waals surface area contributed by atoms with Gasteiger partial charge in [-0.2, -0.15) is 18.4 Å². The van der Waals surface area contributed by atoms with E-state index in [1.165, 1.54) is 0 Å². The maximum absolute atomic E-state index is 13.0. The van der Waals surface area contributed by atoms with Gasteiger partial charge in [0.05, 0.1) is 34.0 Å². The van der Waals surface area contributed by atoms with E-state index in [2.05, 4.69) is 20.8 Å². The van der Waals surface area contributed by atoms with Gasteiger partial charge in [-0.15, -0.1) is 0 Å². The Kier molecular flexibility index (Phi) is 5.76. The molecule has 1 aromatic carbocycles. The molecule has 3 aromatic rings. The molecule has 2 aromatic heterocycles. The molecule has 10 nitrogen and oxygen atoms in total. The Hall–Kier alpha value is -3.70. The number of sulfonamides is 1. The van der Waals surface area contributed by atoms with Gasteiger partial charge in [-0.1, -0.05) is 6.07 Å². The van der Waals surface area contributed by atoms with E-state index in [1.807, 2.05) is 24.4 Å². The standard InChI is InChI=1S/C20H20N6O2S.C2HF3O2/c1-12-3-4-14(29(27,28)25-20-8-19(9-20,10-20)11-21)5-15(12)16-6-23-18-17(22)24-13(2)7-26(16)18;3-2(4,5)1(6)7/h3-7,25H,8-10H2,1-2H3,(H2,22,24);(H,6,7). The molecule has 0 amide bonds. The summed E-state index contributed by atoms with van der Waals surface area (Å²) >= 11 is 0. The molecule has 3 aliphatic carbocycles. The second-order valence-electron chi connectivity index (χ2n) is 9.19. The first kappa shape index (κ1) is 25.4. The van der Waals surface area contributed by atoms with Gasteiger partial charge in [0.1, 0.15) is 0 Å². The molecule has 190 valence electrons. The lowest BCUT2D eigenvalue weighted by atomic mass is 9.40. The molecule has 3 aliphatic rings. The average Bonchev–Trinajstić information content (AvgIpc) is 3.13. The first-order valence-corrected chi connectivity index (χ1v) is 12.1. The number of anilines is 1. The maximum Gasteiger partial charge on any atom is 0.490 e. The number of fused-ring (bicyclic) bond motifs is 1. The highest BCUT2D eigenvalue weighted by Gasteiger charge is 2.69. The second kappa shape index (κ2) is 8.17. The van der Waals surface area contributed by atoms with Crippen molar-refractivity contribution in [3.63, 3.8) is 0 Å². The molecule has 2 bridgehead atoms. The van der Waals surface area contributed by atoms with Crippen LogP contribution in [0.3, 0.4) is 0 Å². The third kappa shape index (κ3) is 4.35. The van der Waals surface area contributed by atoms with Crippen molar-refractivity contribution in [3.8, 4) is 17.3 Å². The number of carbonyl (C=O) groups is 1. The van der Waals surface area contributed by atoms with Gasteiger partial charge in [-0.3, -0.25) is 4.40 Å². The molecule has 0 radical (unpaired) electrons. The molecular weight excluding hydrogens is 501 g/mol. The van der Waals surface area contributed by atoms with E-state index >= 15 is 0 Å². The Morgan fingerprint density at radius 1 is 1.28 bits per heavy atom. The molecule has 4 N–H and O–H groups in total. The zero-order valence-electron chi connectivity index (χ0n) is 19.1. The number of alkyl halides is 3. The fourth-order valence-electron chi connectivity index (χ4n) is 4.74. The van der Waals surface area contributed by atoms with Gasteiger partial charge < -0.3 is 10.8 Å². The van der Waals surface area contributed by atoms with Crippen molar-refractivity contribution in [2.45, 2.75) is 49.7 Å². The highest BCUT2D eigenvalue weighted by atomic mass is 32.2. The van der Waals surface area contributed by atoms with Crippen LogP contribution in [-0.2, 0) is 14.8 Å². The summed E-state index contributed by atoms with van der Waals surface area (Å²) in [4.78, 5) is 17.7. The molecule has 0 spiro atoms. The number of rotatable bonds is 4. The number of carboxylic acids is 1. The van der Waals surface area contributed by atoms with E-state index in [4.69, 9.17) is 20.9 Å². The van der Waals surface area contributed by atoms with E-state index in [0.717, 1.165) is 22.5 Å². The summed E-state index contributed by atoms with van der Waals surface area (Å²) < 4.78 is 62.4. The minimum absolute atomic E-state index is 0.197. The molecule has 3 fully saturated rings. The minimum atomic E-state index is -5.08. The summed E-state index contributed by atoms with van der Waals surface area (Å²) in [5.41, 5.74) is 8.92. The Morgan fingerprint density at radius 3 is 2.44 bits per heavy atom. The lowest BCUT2D eigenvalue weighted by Crippen LogP contribution is -2.74. The van der Waals surface area contributed by atoms with Crippen LogP contribution in [0.1, 0.15) is 30.5 Å². The van der Waals surface area contributed by atoms with Crippen LogP contribution >= 0.6 is 0 Å². The molecule has 36 heavy (non-hydrogen) atoms. The summed E-state index contributed by atoms with van der Waals surface area (Å²) in [6.45, 7) is 3.77. The van der Waals surface area contributed by atoms with Crippen molar-refractivity contribution in [1.29, 1.82) is 5.26 Å². The van der Waals surface area contributed by atoms with E-state index in [1.54, 1.807) is 24.4 Å². The molecule has 6 rings (SSSR count). The number of hydrogen-bond acceptors (Lipinski definition) is 7. The van der Waals surface area contributed by atoms with Crippen molar-refractivity contribution in [2.24, 2.45) is 5.41 Å². The van der Waals surface area contributed by atoms with Crippen molar-refractivity contribution in [2.75, 3.05) is 5.73 Å². The predicted molar refractivity (Wildman–Crippen MR) is 121 cm³/mol. The van der Waals surface area contributed by atoms with Crippen LogP contribution in [0.15, 0.2) is 35.5 Å². The highest BCUT2D eigenvalue weighted by Crippen LogP contribution is 2.67. The molecule has 3 saturated carbocycles. The third-order valence-electron chi connectivity index (χ3n) is 6.29. The molecule has 0 atom stereocenters. The Labute approximate surface area is 203 Å². The van der Waals surface area contributed by atoms with Crippen LogP contribution in [0, 0.1) is 30.6 Å². The molecule has 0 aliphatic heterocycles. The van der Waals surface area contributed by atoms with Gasteiger partial charge >= 0.3 is 12.1 Å². The van der Waals surface area contributed by atoms with Gasteiger partial charge in [0.2, 0.25) is 10.0 Å². The van der Waals surface area contributed by atoms with Crippen molar-refractivity contribution in [3.05, 3.63) is 41.9 Å². The number of hydrogen-bond donors (Lipinski definition) is 3. The number of aliphatic carboxylic acids is 1. The normalized spacial score (nSPS) is 22.6. The van der Waals surface area contributed by atoms with E-state index in [0.29, 0.717) is 30.7 Å². The number of nitrogens with two attached hydrogens (primary N) is 1. The van der Waals surface area contributed by atoms with E-state index < -0.39 is 27.7 Å². The van der Waals surface area contributed by atoms with Gasteiger partial charge in [0, 0.05) is 17.3 Å². The number of nitrogen functional groups attached to an aromatic ring is 1. The number of aryl methyl sites for hydroxylation is 2. The number of nitriles is 1. The van der Waals surface area contributed by atoms with E-state index in [9.17, 15) is 21.6 Å². The van der Waals surface area contributed by atoms with Gasteiger partial charge in [-0.25, -0.2) is 27.9 Å². The number of nitrogens with one attached hydrogen (secondary N) is 1. The first-order chi connectivity index (χ1) is 16.6. The van der Waals surface area contributed by atoms with Crippen LogP contribution in [-0.4, -0.2) is 45.6 Å². The number of nitrogens with zero attached hydrogens (tertiary/aromatic N) is 4. The zero-order chi connectivity index (χ0) is 26.7. The summed E-state index contributed by atoms with van der Waals surface area (Å²) in [7, 11) is -3.70. The van der Waals surface area contributed by atoms with Crippen LogP contribution in [0.5, 0.6) is 0 Å². The van der Waals surface area contributed by atoms with Crippen LogP contribution in [0.4, 0.5) is 19.0 Å². The summed E-state index contributed by atoms with van der Waals surface area (Å²) in [5, 5.41) is 16.3. The lowest BCUT2D eigenvalue weighted by molar-refractivity contribution is -0.192. The van der Waals surface area contributed by atoms with Gasteiger partial charge in [0.15, 0.2) is 11.5 Å². The molecule has 0 saturated heterocycles. The first-order valence-electron chi connectivity index (χ1n) is 10.6. The van der Waals surface area contributed by atoms with Crippen molar-refractivity contribution in [1.82, 2.24) is 19.1 Å². The van der Waals surface area contributed by atoms with Crippen LogP contribution in [0.25, 0.3) is 16.9 Å². The van der Waals surface area contributed by atoms with Gasteiger partial charge in [0.25, 0.3) is 0 Å². The smallest absolute Gasteiger partial charge is 0.475 e. The second-order valence-corrected chi connectivity index (χ2v) is 10.9. The highest BCUT2D eigenvalue weighted by molar-refractivity contribution is 7.89. The molecular formula is C22H21F3N6O4S. The molecule has 14 heteroatoms. The summed E-state index contributed by atoms with van der Waals surface area (Å²) in [6, 6.07) is 7.36. The average molecular weight is 523 g/mol. The largest absolute Gasteiger partial charge is 0.490 e. The number of carboxylic acid groups (broad SMARTS) is 1. The SMILES string of the molecule is Cc1cn2c(-c3cc(S(=O)(=O)NC45CC(C#N)(C4)C5)ccc3C)cnc2c(N)n1.O=C(O)C(F)(F)F. The van der Waals surface area contributed by atoms with Crippen LogP contribution in [0.2, 0.25) is 0 Å². The molecule has 0 unspecified atom stereocenters. The number of halogens is 3.